The van der Waals surface area contributed by atoms with Crippen LogP contribution in [0.5, 0.6) is 0 Å². The molecule has 0 aromatic heterocycles. The van der Waals surface area contributed by atoms with Crippen LogP contribution in [0.3, 0.4) is 0 Å². The van der Waals surface area contributed by atoms with Gasteiger partial charge in [0.05, 0.1) is 6.17 Å². The second-order valence-electron chi connectivity index (χ2n) is 8.54. The van der Waals surface area contributed by atoms with Gasteiger partial charge in [0.25, 0.3) is 0 Å². The zero-order chi connectivity index (χ0) is 20.7. The van der Waals surface area contributed by atoms with Gasteiger partial charge in [0.15, 0.2) is 0 Å². The van der Waals surface area contributed by atoms with E-state index in [9.17, 15) is 4.79 Å². The largest absolute Gasteiger partial charge is 0.341 e. The first-order valence-corrected chi connectivity index (χ1v) is 12.8. The molecule has 1 atom stereocenters. The number of amides is 1. The molecule has 0 aliphatic rings. The number of unbranched alkanes of at least 4 members (excludes halogenated alkanes) is 15. The van der Waals surface area contributed by atoms with Crippen LogP contribution in [-0.4, -0.2) is 18.6 Å². The predicted molar refractivity (Wildman–Crippen MR) is 125 cm³/mol. The third kappa shape index (κ3) is 20.2. The van der Waals surface area contributed by atoms with Crippen molar-refractivity contribution in [3.05, 3.63) is 0 Å². The Hall–Kier alpha value is -0.570. The Bertz CT molecular complexity index is 320. The Balaban J connectivity index is 3.30. The number of carbonyl (C=O) groups is 1. The van der Waals surface area contributed by atoms with Gasteiger partial charge in [-0.05, 0) is 25.8 Å². The maximum atomic E-state index is 12.0. The van der Waals surface area contributed by atoms with E-state index in [0.717, 1.165) is 19.4 Å². The molecule has 2 N–H and O–H groups in total. The van der Waals surface area contributed by atoms with Gasteiger partial charge in [-0.25, -0.2) is 0 Å². The molecule has 0 aromatic carbocycles. The van der Waals surface area contributed by atoms with E-state index in [1.54, 1.807) is 0 Å². The van der Waals surface area contributed by atoms with Gasteiger partial charge in [0.1, 0.15) is 0 Å². The summed E-state index contributed by atoms with van der Waals surface area (Å²) in [5.74, 6) is 0.213. The Morgan fingerprint density at radius 1 is 0.607 bits per heavy atom. The van der Waals surface area contributed by atoms with Gasteiger partial charge < -0.3 is 5.32 Å². The summed E-state index contributed by atoms with van der Waals surface area (Å²) in [7, 11) is 0. The molecule has 0 aromatic rings. The Morgan fingerprint density at radius 3 is 1.46 bits per heavy atom. The van der Waals surface area contributed by atoms with Crippen LogP contribution in [0.1, 0.15) is 143 Å². The molecule has 0 aliphatic carbocycles. The van der Waals surface area contributed by atoms with Crippen LogP contribution in [0.15, 0.2) is 0 Å². The minimum Gasteiger partial charge on any atom is -0.341 e. The molecule has 0 aliphatic heterocycles. The van der Waals surface area contributed by atoms with E-state index < -0.39 is 0 Å². The molecule has 1 amide bonds. The van der Waals surface area contributed by atoms with Gasteiger partial charge in [-0.2, -0.15) is 0 Å². The lowest BCUT2D eigenvalue weighted by atomic mass is 10.0. The van der Waals surface area contributed by atoms with Crippen molar-refractivity contribution in [3.8, 4) is 0 Å². The lowest BCUT2D eigenvalue weighted by molar-refractivity contribution is -0.122. The van der Waals surface area contributed by atoms with Gasteiger partial charge in [-0.3, -0.25) is 10.1 Å². The molecule has 0 spiro atoms. The third-order valence-electron chi connectivity index (χ3n) is 5.67. The Labute approximate surface area is 177 Å². The van der Waals surface area contributed by atoms with E-state index in [0.29, 0.717) is 6.42 Å². The summed E-state index contributed by atoms with van der Waals surface area (Å²) in [6.07, 6.45) is 24.6. The van der Waals surface area contributed by atoms with Crippen molar-refractivity contribution in [2.24, 2.45) is 0 Å². The lowest BCUT2D eigenvalue weighted by Crippen LogP contribution is -2.45. The topological polar surface area (TPSA) is 41.1 Å². The highest BCUT2D eigenvalue weighted by atomic mass is 16.1. The van der Waals surface area contributed by atoms with E-state index in [4.69, 9.17) is 0 Å². The average Bonchev–Trinajstić information content (AvgIpc) is 2.70. The standard InChI is InChI=1S/C25H52N2O/c1-4-7-9-10-11-12-13-14-15-16-17-18-19-20-21-22-25(28)27-24(6-3)26-23-8-5-2/h24,26H,4-23H2,1-3H3,(H,27,28). The lowest BCUT2D eigenvalue weighted by Gasteiger charge is -2.18. The number of carbonyl (C=O) groups excluding carboxylic acids is 1. The summed E-state index contributed by atoms with van der Waals surface area (Å²) in [4.78, 5) is 12.0. The van der Waals surface area contributed by atoms with Gasteiger partial charge >= 0.3 is 0 Å². The quantitative estimate of drug-likeness (QED) is 0.147. The van der Waals surface area contributed by atoms with Crippen LogP contribution in [0.2, 0.25) is 0 Å². The van der Waals surface area contributed by atoms with Crippen LogP contribution >= 0.6 is 0 Å². The fourth-order valence-corrected chi connectivity index (χ4v) is 3.67. The van der Waals surface area contributed by atoms with Crippen LogP contribution in [-0.2, 0) is 4.79 Å². The summed E-state index contributed by atoms with van der Waals surface area (Å²) >= 11 is 0. The molecule has 0 bridgehead atoms. The molecule has 3 nitrogen and oxygen atoms in total. The summed E-state index contributed by atoms with van der Waals surface area (Å²) in [6.45, 7) is 7.59. The van der Waals surface area contributed by atoms with E-state index in [-0.39, 0.29) is 12.1 Å². The van der Waals surface area contributed by atoms with Gasteiger partial charge in [-0.15, -0.1) is 0 Å². The van der Waals surface area contributed by atoms with Gasteiger partial charge in [-0.1, -0.05) is 117 Å². The smallest absolute Gasteiger partial charge is 0.221 e. The number of rotatable bonds is 22. The minimum absolute atomic E-state index is 0.149. The summed E-state index contributed by atoms with van der Waals surface area (Å²) in [6, 6.07) is 0. The maximum Gasteiger partial charge on any atom is 0.221 e. The molecule has 1 unspecified atom stereocenters. The van der Waals surface area contributed by atoms with E-state index in [2.05, 4.69) is 31.4 Å². The van der Waals surface area contributed by atoms with Crippen LogP contribution in [0, 0.1) is 0 Å². The monoisotopic (exact) mass is 396 g/mol. The van der Waals surface area contributed by atoms with Crippen molar-refractivity contribution >= 4 is 5.91 Å². The average molecular weight is 397 g/mol. The Kier molecular flexibility index (Phi) is 22.3. The molecule has 3 heteroatoms. The number of hydrogen-bond acceptors (Lipinski definition) is 2. The highest BCUT2D eigenvalue weighted by Gasteiger charge is 2.08. The summed E-state index contributed by atoms with van der Waals surface area (Å²) < 4.78 is 0. The first-order chi connectivity index (χ1) is 13.7. The van der Waals surface area contributed by atoms with Crippen molar-refractivity contribution in [1.82, 2.24) is 10.6 Å². The molecule has 28 heavy (non-hydrogen) atoms. The van der Waals surface area contributed by atoms with Crippen molar-refractivity contribution in [2.75, 3.05) is 6.54 Å². The molecule has 0 fully saturated rings. The zero-order valence-corrected chi connectivity index (χ0v) is 19.6. The second kappa shape index (κ2) is 22.7. The molecular weight excluding hydrogens is 344 g/mol. The molecule has 168 valence electrons. The maximum absolute atomic E-state index is 12.0. The Morgan fingerprint density at radius 2 is 1.04 bits per heavy atom. The fraction of sp³-hybridized carbons (Fsp3) is 0.960. The third-order valence-corrected chi connectivity index (χ3v) is 5.67. The van der Waals surface area contributed by atoms with Crippen LogP contribution in [0.4, 0.5) is 0 Å². The minimum atomic E-state index is 0.149. The normalized spacial score (nSPS) is 12.2. The highest BCUT2D eigenvalue weighted by Crippen LogP contribution is 2.13. The zero-order valence-electron chi connectivity index (χ0n) is 19.6. The van der Waals surface area contributed by atoms with E-state index >= 15 is 0 Å². The van der Waals surface area contributed by atoms with E-state index in [1.165, 1.54) is 103 Å². The van der Waals surface area contributed by atoms with E-state index in [1.807, 2.05) is 0 Å². The first-order valence-electron chi connectivity index (χ1n) is 12.8. The van der Waals surface area contributed by atoms with Gasteiger partial charge in [0.2, 0.25) is 5.91 Å². The number of hydrogen-bond donors (Lipinski definition) is 2. The molecule has 0 heterocycles. The summed E-state index contributed by atoms with van der Waals surface area (Å²) in [5, 5.41) is 6.55. The van der Waals surface area contributed by atoms with Crippen molar-refractivity contribution in [1.29, 1.82) is 0 Å². The van der Waals surface area contributed by atoms with Gasteiger partial charge in [0, 0.05) is 6.42 Å². The highest BCUT2D eigenvalue weighted by molar-refractivity contribution is 5.76. The van der Waals surface area contributed by atoms with Crippen molar-refractivity contribution < 1.29 is 4.79 Å². The number of nitrogens with one attached hydrogen (secondary N) is 2. The van der Waals surface area contributed by atoms with Crippen LogP contribution in [0.25, 0.3) is 0 Å². The fourth-order valence-electron chi connectivity index (χ4n) is 3.67. The first kappa shape index (κ1) is 27.4. The molecular formula is C25H52N2O. The van der Waals surface area contributed by atoms with Crippen molar-refractivity contribution in [2.45, 2.75) is 149 Å². The van der Waals surface area contributed by atoms with Crippen molar-refractivity contribution in [3.63, 3.8) is 0 Å². The van der Waals surface area contributed by atoms with Crippen LogP contribution < -0.4 is 10.6 Å². The molecule has 0 rings (SSSR count). The molecule has 0 radical (unpaired) electrons. The molecule has 0 saturated heterocycles. The molecule has 0 saturated carbocycles. The summed E-state index contributed by atoms with van der Waals surface area (Å²) in [5.41, 5.74) is 0. The SMILES string of the molecule is CCCCCCCCCCCCCCCCCC(=O)NC(CC)NCCCC. The second-order valence-corrected chi connectivity index (χ2v) is 8.54. The predicted octanol–water partition coefficient (Wildman–Crippen LogP) is 7.49.